The molecule has 0 aliphatic heterocycles. The lowest BCUT2D eigenvalue weighted by molar-refractivity contribution is -0.124. The van der Waals surface area contributed by atoms with Crippen LogP contribution >= 0.6 is 0 Å². The summed E-state index contributed by atoms with van der Waals surface area (Å²) in [5.74, 6) is 0.814. The Morgan fingerprint density at radius 2 is 1.61 bits per heavy atom. The maximum atomic E-state index is 12.7. The second kappa shape index (κ2) is 6.17. The van der Waals surface area contributed by atoms with Gasteiger partial charge in [0.05, 0.1) is 0 Å². The van der Waals surface area contributed by atoms with Crippen LogP contribution < -0.4 is 0 Å². The maximum Gasteiger partial charge on any atom is 0.133 e. The van der Waals surface area contributed by atoms with Crippen LogP contribution in [0.15, 0.2) is 48.0 Å². The Bertz CT molecular complexity index is 987. The molecule has 0 aromatic heterocycles. The predicted octanol–water partition coefficient (Wildman–Crippen LogP) is 6.65. The van der Waals surface area contributed by atoms with E-state index in [9.17, 15) is 4.79 Å². The van der Waals surface area contributed by atoms with Gasteiger partial charge in [0.1, 0.15) is 5.78 Å². The highest BCUT2D eigenvalue weighted by Crippen LogP contribution is 2.69. The third kappa shape index (κ3) is 2.28. The van der Waals surface area contributed by atoms with Crippen molar-refractivity contribution < 1.29 is 4.79 Å². The number of hydrogen-bond acceptors (Lipinski definition) is 1. The van der Waals surface area contributed by atoms with Gasteiger partial charge in [0.15, 0.2) is 0 Å². The molecule has 28 heavy (non-hydrogen) atoms. The standard InChI is InChI=1S/C27H32O/c1-16(2)27-23-14-18(4)10-13-21(23)25(20-11-8-17(3)9-12-20)24(27)15-22(19(5)28)26(27,6)7/h8-14,16,22H,15H2,1-7H3/t22-,27-/m1/s1. The van der Waals surface area contributed by atoms with Crippen molar-refractivity contribution in [2.75, 3.05) is 0 Å². The first-order valence-electron chi connectivity index (χ1n) is 10.5. The largest absolute Gasteiger partial charge is 0.300 e. The van der Waals surface area contributed by atoms with E-state index in [0.717, 1.165) is 6.42 Å². The number of hydrogen-bond donors (Lipinski definition) is 0. The van der Waals surface area contributed by atoms with Crippen molar-refractivity contribution in [3.05, 3.63) is 75.9 Å². The number of fused-ring (bicyclic) bond motifs is 3. The molecule has 4 rings (SSSR count). The molecular formula is C27H32O. The predicted molar refractivity (Wildman–Crippen MR) is 117 cm³/mol. The monoisotopic (exact) mass is 372 g/mol. The van der Waals surface area contributed by atoms with Crippen molar-refractivity contribution in [2.45, 2.75) is 60.3 Å². The number of rotatable bonds is 3. The molecule has 2 aromatic rings. The molecule has 0 saturated heterocycles. The van der Waals surface area contributed by atoms with Crippen LogP contribution in [0.1, 0.15) is 68.9 Å². The lowest BCUT2D eigenvalue weighted by Crippen LogP contribution is -2.46. The zero-order chi connectivity index (χ0) is 20.4. The highest BCUT2D eigenvalue weighted by Gasteiger charge is 2.64. The topological polar surface area (TPSA) is 17.1 Å². The van der Waals surface area contributed by atoms with E-state index in [2.05, 4.69) is 84.0 Å². The normalized spacial score (nSPS) is 25.2. The molecule has 2 aromatic carbocycles. The van der Waals surface area contributed by atoms with Gasteiger partial charge >= 0.3 is 0 Å². The second-order valence-electron chi connectivity index (χ2n) is 9.82. The first-order valence-corrected chi connectivity index (χ1v) is 10.5. The highest BCUT2D eigenvalue weighted by molar-refractivity contribution is 5.93. The lowest BCUT2D eigenvalue weighted by atomic mass is 9.56. The van der Waals surface area contributed by atoms with Crippen molar-refractivity contribution >= 4 is 11.4 Å². The number of allylic oxidation sites excluding steroid dienone is 1. The Kier molecular flexibility index (Phi) is 4.23. The van der Waals surface area contributed by atoms with Gasteiger partial charge in [0.25, 0.3) is 0 Å². The van der Waals surface area contributed by atoms with Crippen molar-refractivity contribution in [3.8, 4) is 0 Å². The molecular weight excluding hydrogens is 340 g/mol. The van der Waals surface area contributed by atoms with Gasteiger partial charge in [-0.3, -0.25) is 4.79 Å². The maximum absolute atomic E-state index is 12.7. The minimum Gasteiger partial charge on any atom is -0.300 e. The van der Waals surface area contributed by atoms with Crippen LogP contribution in [-0.4, -0.2) is 5.78 Å². The van der Waals surface area contributed by atoms with Crippen LogP contribution in [-0.2, 0) is 10.2 Å². The van der Waals surface area contributed by atoms with Gasteiger partial charge in [-0.05, 0) is 66.4 Å². The van der Waals surface area contributed by atoms with Crippen molar-refractivity contribution in [1.82, 2.24) is 0 Å². The van der Waals surface area contributed by atoms with E-state index in [-0.39, 0.29) is 16.7 Å². The molecule has 0 amide bonds. The Hall–Kier alpha value is -2.15. The van der Waals surface area contributed by atoms with Crippen LogP contribution in [0.5, 0.6) is 0 Å². The SMILES string of the molecule is CC(=O)[C@H]1CC2=C(c3ccc(C)cc3)c3ccc(C)cc3[C@@]2(C(C)C)C1(C)C. The fourth-order valence-corrected chi connectivity index (χ4v) is 6.56. The number of benzene rings is 2. The summed E-state index contributed by atoms with van der Waals surface area (Å²) in [5.41, 5.74) is 9.31. The quantitative estimate of drug-likeness (QED) is 0.589. The summed E-state index contributed by atoms with van der Waals surface area (Å²) in [6.45, 7) is 15.4. The summed E-state index contributed by atoms with van der Waals surface area (Å²) in [5, 5.41) is 0. The zero-order valence-electron chi connectivity index (χ0n) is 18.3. The molecule has 1 nitrogen and oxygen atoms in total. The smallest absolute Gasteiger partial charge is 0.133 e. The molecule has 1 saturated carbocycles. The summed E-state index contributed by atoms with van der Waals surface area (Å²) < 4.78 is 0. The van der Waals surface area contributed by atoms with Gasteiger partial charge in [0.2, 0.25) is 0 Å². The van der Waals surface area contributed by atoms with E-state index >= 15 is 0 Å². The molecule has 2 aliphatic rings. The summed E-state index contributed by atoms with van der Waals surface area (Å²) in [7, 11) is 0. The van der Waals surface area contributed by atoms with E-state index in [1.165, 1.54) is 39.0 Å². The minimum absolute atomic E-state index is 0.0685. The molecule has 1 heteroatoms. The Balaban J connectivity index is 2.12. The molecule has 0 bridgehead atoms. The van der Waals surface area contributed by atoms with Gasteiger partial charge in [-0.15, -0.1) is 0 Å². The summed E-state index contributed by atoms with van der Waals surface area (Å²) in [6.07, 6.45) is 0.872. The molecule has 146 valence electrons. The third-order valence-corrected chi connectivity index (χ3v) is 7.64. The van der Waals surface area contributed by atoms with Gasteiger partial charge in [0, 0.05) is 11.3 Å². The van der Waals surface area contributed by atoms with Gasteiger partial charge in [-0.2, -0.15) is 0 Å². The summed E-state index contributed by atoms with van der Waals surface area (Å²) in [4.78, 5) is 12.7. The van der Waals surface area contributed by atoms with E-state index in [1.54, 1.807) is 6.92 Å². The van der Waals surface area contributed by atoms with Gasteiger partial charge < -0.3 is 0 Å². The first kappa shape index (κ1) is 19.2. The minimum atomic E-state index is -0.114. The number of carbonyl (C=O) groups is 1. The number of aryl methyl sites for hydroxylation is 2. The average Bonchev–Trinajstić information content (AvgIpc) is 3.03. The third-order valence-electron chi connectivity index (χ3n) is 7.64. The van der Waals surface area contributed by atoms with Crippen molar-refractivity contribution in [3.63, 3.8) is 0 Å². The Morgan fingerprint density at radius 1 is 1.00 bits per heavy atom. The van der Waals surface area contributed by atoms with Gasteiger partial charge in [-0.1, -0.05) is 81.3 Å². The van der Waals surface area contributed by atoms with Crippen LogP contribution in [0.25, 0.3) is 5.57 Å². The lowest BCUT2D eigenvalue weighted by Gasteiger charge is -2.47. The zero-order valence-corrected chi connectivity index (χ0v) is 18.3. The van der Waals surface area contributed by atoms with E-state index in [1.807, 2.05) is 0 Å². The molecule has 0 spiro atoms. The fourth-order valence-electron chi connectivity index (χ4n) is 6.56. The fraction of sp³-hybridized carbons (Fsp3) is 0.444. The Morgan fingerprint density at radius 3 is 2.18 bits per heavy atom. The van der Waals surface area contributed by atoms with Gasteiger partial charge in [-0.25, -0.2) is 0 Å². The number of carbonyl (C=O) groups excluding carboxylic acids is 1. The summed E-state index contributed by atoms with van der Waals surface area (Å²) in [6, 6.07) is 15.9. The van der Waals surface area contributed by atoms with Crippen LogP contribution in [0.3, 0.4) is 0 Å². The first-order chi connectivity index (χ1) is 13.1. The van der Waals surface area contributed by atoms with Crippen molar-refractivity contribution in [1.29, 1.82) is 0 Å². The highest BCUT2D eigenvalue weighted by atomic mass is 16.1. The average molecular weight is 373 g/mol. The number of ketones is 1. The second-order valence-corrected chi connectivity index (χ2v) is 9.82. The molecule has 1 fully saturated rings. The van der Waals surface area contributed by atoms with Crippen LogP contribution in [0.2, 0.25) is 0 Å². The van der Waals surface area contributed by atoms with Crippen molar-refractivity contribution in [2.24, 2.45) is 17.3 Å². The molecule has 0 N–H and O–H groups in total. The molecule has 2 atom stereocenters. The van der Waals surface area contributed by atoms with Crippen LogP contribution in [0, 0.1) is 31.1 Å². The van der Waals surface area contributed by atoms with E-state index < -0.39 is 0 Å². The molecule has 0 heterocycles. The molecule has 0 unspecified atom stereocenters. The van der Waals surface area contributed by atoms with E-state index in [4.69, 9.17) is 0 Å². The Labute approximate surface area is 169 Å². The van der Waals surface area contributed by atoms with Crippen LogP contribution in [0.4, 0.5) is 0 Å². The van der Waals surface area contributed by atoms with E-state index in [0.29, 0.717) is 11.7 Å². The molecule has 2 aliphatic carbocycles. The number of Topliss-reactive ketones (excluding diaryl/α,β-unsaturated/α-hetero) is 1. The summed E-state index contributed by atoms with van der Waals surface area (Å²) >= 11 is 0. The molecule has 0 radical (unpaired) electrons.